The van der Waals surface area contributed by atoms with Crippen LogP contribution in [0.2, 0.25) is 10.0 Å². The highest BCUT2D eigenvalue weighted by Crippen LogP contribution is 2.43. The number of benzene rings is 3. The lowest BCUT2D eigenvalue weighted by Crippen LogP contribution is -2.29. The number of fused-ring (bicyclic) bond motifs is 2. The fraction of sp³-hybridized carbons (Fsp3) is 0.0833. The summed E-state index contributed by atoms with van der Waals surface area (Å²) in [5.41, 5.74) is 0.355. The van der Waals surface area contributed by atoms with Gasteiger partial charge in [-0.1, -0.05) is 35.3 Å². The lowest BCUT2D eigenvalue weighted by molar-refractivity contribution is -0.384. The summed E-state index contributed by atoms with van der Waals surface area (Å²) in [6.45, 7) is 0. The van der Waals surface area contributed by atoms with Gasteiger partial charge in [0, 0.05) is 22.8 Å². The zero-order chi connectivity index (χ0) is 24.1. The molecule has 2 heterocycles. The molecule has 3 aromatic carbocycles. The number of carbonyl (C=O) groups excluding carboxylic acids is 1. The van der Waals surface area contributed by atoms with Crippen LogP contribution in [0.5, 0.6) is 5.75 Å². The highest BCUT2D eigenvalue weighted by Gasteiger charge is 2.44. The van der Waals surface area contributed by atoms with Crippen molar-refractivity contribution in [2.24, 2.45) is 0 Å². The van der Waals surface area contributed by atoms with Crippen molar-refractivity contribution in [3.05, 3.63) is 108 Å². The molecule has 1 unspecified atom stereocenters. The van der Waals surface area contributed by atoms with Crippen molar-refractivity contribution in [1.29, 1.82) is 0 Å². The molecule has 170 valence electrons. The van der Waals surface area contributed by atoms with Crippen molar-refractivity contribution < 1.29 is 18.9 Å². The Labute approximate surface area is 202 Å². The lowest BCUT2D eigenvalue weighted by Gasteiger charge is -2.25. The summed E-state index contributed by atoms with van der Waals surface area (Å²) in [5, 5.41) is 12.2. The number of halogens is 2. The molecule has 1 amide bonds. The predicted molar refractivity (Wildman–Crippen MR) is 127 cm³/mol. The third-order valence-corrected chi connectivity index (χ3v) is 6.17. The average Bonchev–Trinajstić information content (AvgIpc) is 3.12. The summed E-state index contributed by atoms with van der Waals surface area (Å²) in [6, 6.07) is 14.0. The summed E-state index contributed by atoms with van der Waals surface area (Å²) < 4.78 is 11.1. The van der Waals surface area contributed by atoms with Crippen LogP contribution in [0.3, 0.4) is 0 Å². The number of methoxy groups -OCH3 is 1. The molecule has 34 heavy (non-hydrogen) atoms. The predicted octanol–water partition coefficient (Wildman–Crippen LogP) is 5.77. The Morgan fingerprint density at radius 3 is 2.56 bits per heavy atom. The van der Waals surface area contributed by atoms with Gasteiger partial charge in [-0.3, -0.25) is 24.6 Å². The Hall–Kier alpha value is -3.88. The van der Waals surface area contributed by atoms with Gasteiger partial charge in [0.1, 0.15) is 11.3 Å². The molecule has 5 rings (SSSR count). The molecule has 1 aromatic heterocycles. The summed E-state index contributed by atoms with van der Waals surface area (Å²) in [6.07, 6.45) is 0. The zero-order valence-electron chi connectivity index (χ0n) is 17.5. The third-order valence-electron chi connectivity index (χ3n) is 5.64. The highest BCUT2D eigenvalue weighted by molar-refractivity contribution is 6.32. The standard InChI is InChI=1S/C24H14Cl2N2O6/c1-33-19-8-6-14(11-17(19)26)27-21(12-3-2-4-15(9-12)28(31)32)20-22(29)16-10-13(25)5-7-18(16)34-23(20)24(27)30/h2-11,21H,1H3. The van der Waals surface area contributed by atoms with Gasteiger partial charge in [0.15, 0.2) is 5.43 Å². The number of anilines is 1. The molecular weight excluding hydrogens is 483 g/mol. The number of carbonyl (C=O) groups is 1. The number of rotatable bonds is 4. The number of amides is 1. The van der Waals surface area contributed by atoms with E-state index in [0.717, 1.165) is 0 Å². The molecule has 10 heteroatoms. The molecule has 0 radical (unpaired) electrons. The topological polar surface area (TPSA) is 103 Å². The second-order valence-electron chi connectivity index (χ2n) is 7.56. The second-order valence-corrected chi connectivity index (χ2v) is 8.41. The maximum atomic E-state index is 13.6. The van der Waals surface area contributed by atoms with Crippen molar-refractivity contribution in [3.63, 3.8) is 0 Å². The van der Waals surface area contributed by atoms with E-state index >= 15 is 0 Å². The Morgan fingerprint density at radius 1 is 1.06 bits per heavy atom. The maximum Gasteiger partial charge on any atom is 0.295 e. The lowest BCUT2D eigenvalue weighted by atomic mass is 9.98. The molecule has 4 aromatic rings. The van der Waals surface area contributed by atoms with Crippen LogP contribution >= 0.6 is 23.2 Å². The number of hydrogen-bond donors (Lipinski definition) is 0. The van der Waals surface area contributed by atoms with Crippen LogP contribution in [0, 0.1) is 10.1 Å². The Kier molecular flexibility index (Phi) is 5.27. The van der Waals surface area contributed by atoms with Gasteiger partial charge in [-0.2, -0.15) is 0 Å². The largest absolute Gasteiger partial charge is 0.495 e. The number of hydrogen-bond acceptors (Lipinski definition) is 6. The first kappa shape index (κ1) is 21.9. The van der Waals surface area contributed by atoms with Crippen LogP contribution in [0.15, 0.2) is 69.9 Å². The normalized spacial score (nSPS) is 15.0. The number of nitro benzene ring substituents is 1. The van der Waals surface area contributed by atoms with E-state index in [0.29, 0.717) is 22.0 Å². The number of nitrogens with zero attached hydrogens (tertiary/aromatic N) is 2. The molecule has 0 spiro atoms. The van der Waals surface area contributed by atoms with E-state index in [4.69, 9.17) is 32.4 Å². The van der Waals surface area contributed by atoms with Crippen molar-refractivity contribution >= 4 is 51.5 Å². The van der Waals surface area contributed by atoms with Gasteiger partial charge in [0.05, 0.1) is 34.0 Å². The molecule has 0 aliphatic carbocycles. The number of ether oxygens (including phenoxy) is 1. The number of nitro groups is 1. The smallest absolute Gasteiger partial charge is 0.295 e. The van der Waals surface area contributed by atoms with E-state index in [1.165, 1.54) is 48.4 Å². The summed E-state index contributed by atoms with van der Waals surface area (Å²) in [5.74, 6) is -0.332. The molecule has 0 bridgehead atoms. The van der Waals surface area contributed by atoms with Gasteiger partial charge < -0.3 is 9.15 Å². The molecular formula is C24H14Cl2N2O6. The first-order valence-electron chi connectivity index (χ1n) is 9.98. The summed E-state index contributed by atoms with van der Waals surface area (Å²) in [7, 11) is 1.46. The Balaban J connectivity index is 1.81. The maximum absolute atomic E-state index is 13.6. The van der Waals surface area contributed by atoms with Crippen LogP contribution < -0.4 is 15.1 Å². The van der Waals surface area contributed by atoms with Crippen LogP contribution in [0.1, 0.15) is 27.7 Å². The Morgan fingerprint density at radius 2 is 1.85 bits per heavy atom. The van der Waals surface area contributed by atoms with E-state index in [-0.39, 0.29) is 33.0 Å². The molecule has 0 saturated heterocycles. The van der Waals surface area contributed by atoms with Crippen molar-refractivity contribution in [2.45, 2.75) is 6.04 Å². The van der Waals surface area contributed by atoms with Gasteiger partial charge in [0.2, 0.25) is 5.76 Å². The third kappa shape index (κ3) is 3.39. The van der Waals surface area contributed by atoms with Crippen molar-refractivity contribution in [3.8, 4) is 5.75 Å². The Bertz CT molecular complexity index is 1570. The van der Waals surface area contributed by atoms with E-state index in [1.54, 1.807) is 24.3 Å². The molecule has 1 atom stereocenters. The first-order valence-corrected chi connectivity index (χ1v) is 10.7. The molecule has 0 saturated carbocycles. The minimum atomic E-state index is -0.994. The highest BCUT2D eigenvalue weighted by atomic mass is 35.5. The van der Waals surface area contributed by atoms with E-state index < -0.39 is 22.3 Å². The van der Waals surface area contributed by atoms with Gasteiger partial charge >= 0.3 is 0 Å². The summed E-state index contributed by atoms with van der Waals surface area (Å²) in [4.78, 5) is 39.4. The van der Waals surface area contributed by atoms with Gasteiger partial charge in [-0.25, -0.2) is 0 Å². The molecule has 8 nitrogen and oxygen atoms in total. The van der Waals surface area contributed by atoms with E-state index in [9.17, 15) is 19.7 Å². The van der Waals surface area contributed by atoms with Crippen LogP contribution in [0.4, 0.5) is 11.4 Å². The minimum Gasteiger partial charge on any atom is -0.495 e. The SMILES string of the molecule is COc1ccc(N2C(=O)c3oc4ccc(Cl)cc4c(=O)c3C2c2cccc([N+](=O)[O-])c2)cc1Cl. The zero-order valence-corrected chi connectivity index (χ0v) is 19.0. The number of non-ortho nitro benzene ring substituents is 1. The first-order chi connectivity index (χ1) is 16.3. The summed E-state index contributed by atoms with van der Waals surface area (Å²) >= 11 is 12.4. The monoisotopic (exact) mass is 496 g/mol. The van der Waals surface area contributed by atoms with Crippen LogP contribution in [-0.4, -0.2) is 17.9 Å². The van der Waals surface area contributed by atoms with E-state index in [1.807, 2.05) is 0 Å². The average molecular weight is 497 g/mol. The second kappa shape index (κ2) is 8.16. The fourth-order valence-corrected chi connectivity index (χ4v) is 4.56. The molecule has 0 N–H and O–H groups in total. The molecule has 0 fully saturated rings. The van der Waals surface area contributed by atoms with Crippen LogP contribution in [-0.2, 0) is 0 Å². The van der Waals surface area contributed by atoms with E-state index in [2.05, 4.69) is 0 Å². The van der Waals surface area contributed by atoms with Gasteiger partial charge in [-0.15, -0.1) is 0 Å². The quantitative estimate of drug-likeness (QED) is 0.262. The molecule has 1 aliphatic heterocycles. The van der Waals surface area contributed by atoms with Crippen molar-refractivity contribution in [2.75, 3.05) is 12.0 Å². The molecule has 1 aliphatic rings. The van der Waals surface area contributed by atoms with Crippen molar-refractivity contribution in [1.82, 2.24) is 0 Å². The van der Waals surface area contributed by atoms with Crippen LogP contribution in [0.25, 0.3) is 11.0 Å². The minimum absolute atomic E-state index is 0.0622. The fourth-order valence-electron chi connectivity index (χ4n) is 4.14. The van der Waals surface area contributed by atoms with Gasteiger partial charge in [0.25, 0.3) is 11.6 Å². The van der Waals surface area contributed by atoms with Gasteiger partial charge in [-0.05, 0) is 42.0 Å².